The van der Waals surface area contributed by atoms with Crippen molar-refractivity contribution in [2.75, 3.05) is 23.3 Å². The van der Waals surface area contributed by atoms with Crippen LogP contribution >= 0.6 is 0 Å². The Morgan fingerprint density at radius 2 is 2.19 bits per heavy atom. The van der Waals surface area contributed by atoms with E-state index in [-0.39, 0.29) is 12.1 Å². The number of aryl methyl sites for hydroxylation is 1. The first-order valence-corrected chi connectivity index (χ1v) is 9.00. The van der Waals surface area contributed by atoms with E-state index in [0.29, 0.717) is 6.54 Å². The van der Waals surface area contributed by atoms with Crippen LogP contribution in [0, 0.1) is 6.92 Å². The van der Waals surface area contributed by atoms with Gasteiger partial charge >= 0.3 is 6.03 Å². The second-order valence-corrected chi connectivity index (χ2v) is 6.67. The van der Waals surface area contributed by atoms with E-state index in [1.807, 2.05) is 31.2 Å². The number of anilines is 2. The third-order valence-electron chi connectivity index (χ3n) is 4.63. The predicted octanol–water partition coefficient (Wildman–Crippen LogP) is 2.52. The number of amides is 2. The molecule has 3 heterocycles. The maximum Gasteiger partial charge on any atom is 0.319 e. The van der Waals surface area contributed by atoms with Crippen LogP contribution in [0.4, 0.5) is 16.3 Å². The van der Waals surface area contributed by atoms with Crippen LogP contribution in [0.2, 0.25) is 0 Å². The predicted molar refractivity (Wildman–Crippen MR) is 104 cm³/mol. The minimum absolute atomic E-state index is 0.0530. The average Bonchev–Trinajstić information content (AvgIpc) is 2.69. The normalized spacial score (nSPS) is 16.9. The minimum Gasteiger partial charge on any atom is -0.353 e. The highest BCUT2D eigenvalue weighted by Crippen LogP contribution is 2.22. The van der Waals surface area contributed by atoms with Gasteiger partial charge in [0.2, 0.25) is 0 Å². The van der Waals surface area contributed by atoms with Crippen molar-refractivity contribution in [1.29, 1.82) is 0 Å². The van der Waals surface area contributed by atoms with Crippen LogP contribution in [0.1, 0.15) is 18.5 Å². The van der Waals surface area contributed by atoms with Crippen molar-refractivity contribution in [2.24, 2.45) is 0 Å². The highest BCUT2D eigenvalue weighted by molar-refractivity contribution is 6.00. The lowest BCUT2D eigenvalue weighted by Crippen LogP contribution is -2.49. The third-order valence-corrected chi connectivity index (χ3v) is 4.63. The average molecular weight is 363 g/mol. The Bertz CT molecular complexity index is 947. The van der Waals surface area contributed by atoms with Gasteiger partial charge in [-0.3, -0.25) is 4.98 Å². The van der Waals surface area contributed by atoms with E-state index in [1.165, 1.54) is 0 Å². The largest absolute Gasteiger partial charge is 0.353 e. The van der Waals surface area contributed by atoms with E-state index >= 15 is 0 Å². The van der Waals surface area contributed by atoms with Crippen molar-refractivity contribution < 1.29 is 4.79 Å². The summed E-state index contributed by atoms with van der Waals surface area (Å²) in [6, 6.07) is 7.37. The number of rotatable bonds is 3. The molecule has 2 aromatic heterocycles. The van der Waals surface area contributed by atoms with E-state index in [0.717, 1.165) is 47.5 Å². The van der Waals surface area contributed by atoms with E-state index in [9.17, 15) is 4.79 Å². The van der Waals surface area contributed by atoms with Gasteiger partial charge in [-0.25, -0.2) is 9.78 Å². The summed E-state index contributed by atoms with van der Waals surface area (Å²) in [5.74, 6) is 0.840. The Morgan fingerprint density at radius 3 is 3.04 bits per heavy atom. The molecule has 8 nitrogen and oxygen atoms in total. The fourth-order valence-corrected chi connectivity index (χ4v) is 3.37. The maximum absolute atomic E-state index is 12.5. The van der Waals surface area contributed by atoms with Gasteiger partial charge in [0.05, 0.1) is 23.1 Å². The second-order valence-electron chi connectivity index (χ2n) is 6.67. The number of carbonyl (C=O) groups excluding carboxylic acids is 1. The fourth-order valence-electron chi connectivity index (χ4n) is 3.37. The van der Waals surface area contributed by atoms with E-state index in [4.69, 9.17) is 0 Å². The second kappa shape index (κ2) is 7.53. The molecule has 0 radical (unpaired) electrons. The zero-order valence-corrected chi connectivity index (χ0v) is 15.1. The summed E-state index contributed by atoms with van der Waals surface area (Å²) in [5, 5.41) is 15.1. The van der Waals surface area contributed by atoms with Crippen molar-refractivity contribution in [2.45, 2.75) is 25.8 Å². The van der Waals surface area contributed by atoms with Gasteiger partial charge in [-0.2, -0.15) is 10.2 Å². The molecule has 8 heteroatoms. The molecule has 138 valence electrons. The van der Waals surface area contributed by atoms with Crippen LogP contribution in [0.15, 0.2) is 42.9 Å². The Hall–Kier alpha value is -3.29. The van der Waals surface area contributed by atoms with Gasteiger partial charge in [0.25, 0.3) is 0 Å². The maximum atomic E-state index is 12.5. The number of benzene rings is 1. The molecule has 27 heavy (non-hydrogen) atoms. The molecule has 0 aliphatic carbocycles. The van der Waals surface area contributed by atoms with E-state index in [2.05, 4.69) is 35.7 Å². The van der Waals surface area contributed by atoms with E-state index < -0.39 is 0 Å². The van der Waals surface area contributed by atoms with Crippen LogP contribution in [-0.4, -0.2) is 45.3 Å². The summed E-state index contributed by atoms with van der Waals surface area (Å²) in [7, 11) is 0. The molecule has 3 aromatic rings. The molecule has 2 amide bonds. The highest BCUT2D eigenvalue weighted by Gasteiger charge is 2.22. The van der Waals surface area contributed by atoms with Crippen molar-refractivity contribution in [3.8, 4) is 0 Å². The van der Waals surface area contributed by atoms with Crippen molar-refractivity contribution >= 4 is 28.4 Å². The number of hydrogen-bond donors (Lipinski definition) is 2. The van der Waals surface area contributed by atoms with Gasteiger partial charge in [-0.1, -0.05) is 6.07 Å². The molecule has 1 aliphatic rings. The third kappa shape index (κ3) is 3.94. The van der Waals surface area contributed by atoms with Gasteiger partial charge < -0.3 is 15.5 Å². The Kier molecular flexibility index (Phi) is 4.78. The number of carbonyl (C=O) groups is 1. The molecule has 0 spiro atoms. The first-order chi connectivity index (χ1) is 13.2. The summed E-state index contributed by atoms with van der Waals surface area (Å²) < 4.78 is 0. The zero-order valence-electron chi connectivity index (χ0n) is 15.1. The van der Waals surface area contributed by atoms with Gasteiger partial charge in [-0.15, -0.1) is 0 Å². The molecule has 0 saturated carbocycles. The number of aromatic nitrogens is 4. The monoisotopic (exact) mass is 363 g/mol. The molecule has 4 rings (SSSR count). The molecule has 1 atom stereocenters. The number of fused-ring (bicyclic) bond motifs is 1. The number of nitrogens with one attached hydrogen (secondary N) is 2. The molecule has 1 unspecified atom stereocenters. The lowest BCUT2D eigenvalue weighted by Gasteiger charge is -2.33. The van der Waals surface area contributed by atoms with Gasteiger partial charge in [0, 0.05) is 36.9 Å². The van der Waals surface area contributed by atoms with Crippen molar-refractivity contribution in [3.05, 3.63) is 48.5 Å². The Morgan fingerprint density at radius 1 is 1.26 bits per heavy atom. The summed E-state index contributed by atoms with van der Waals surface area (Å²) in [5.41, 5.74) is 2.29. The van der Waals surface area contributed by atoms with Crippen LogP contribution in [0.5, 0.6) is 0 Å². The first-order valence-electron chi connectivity index (χ1n) is 9.00. The molecular weight excluding hydrogens is 342 g/mol. The summed E-state index contributed by atoms with van der Waals surface area (Å²) in [4.78, 5) is 23.2. The quantitative estimate of drug-likeness (QED) is 0.742. The topological polar surface area (TPSA) is 95.9 Å². The van der Waals surface area contributed by atoms with Crippen molar-refractivity contribution in [1.82, 2.24) is 25.5 Å². The van der Waals surface area contributed by atoms with Crippen molar-refractivity contribution in [3.63, 3.8) is 0 Å². The molecule has 1 saturated heterocycles. The number of nitrogens with zero attached hydrogens (tertiary/aromatic N) is 5. The smallest absolute Gasteiger partial charge is 0.319 e. The minimum atomic E-state index is -0.219. The number of piperidine rings is 1. The SMILES string of the molecule is Cc1cc2c(NC(=O)NC3CCCN(c4cnccn4)C3)cccc2nn1. The summed E-state index contributed by atoms with van der Waals surface area (Å²) >= 11 is 0. The lowest BCUT2D eigenvalue weighted by atomic mass is 10.1. The van der Waals surface area contributed by atoms with Gasteiger partial charge in [0.1, 0.15) is 5.82 Å². The summed E-state index contributed by atoms with van der Waals surface area (Å²) in [6.07, 6.45) is 7.02. The zero-order chi connectivity index (χ0) is 18.6. The molecule has 1 aliphatic heterocycles. The molecule has 2 N–H and O–H groups in total. The Labute approximate surface area is 157 Å². The molecular formula is C19H21N7O. The lowest BCUT2D eigenvalue weighted by molar-refractivity contribution is 0.246. The Balaban J connectivity index is 1.43. The van der Waals surface area contributed by atoms with Gasteiger partial charge in [0.15, 0.2) is 0 Å². The van der Waals surface area contributed by atoms with Crippen LogP contribution in [0.25, 0.3) is 10.9 Å². The fraction of sp³-hybridized carbons (Fsp3) is 0.316. The number of hydrogen-bond acceptors (Lipinski definition) is 6. The highest BCUT2D eigenvalue weighted by atomic mass is 16.2. The van der Waals surface area contributed by atoms with Crippen LogP contribution in [-0.2, 0) is 0 Å². The number of urea groups is 1. The first kappa shape index (κ1) is 17.1. The van der Waals surface area contributed by atoms with Gasteiger partial charge in [-0.05, 0) is 38.0 Å². The standard InChI is InChI=1S/C19H21N7O/c1-13-10-15-16(5-2-6-17(15)25-24-13)23-19(27)22-14-4-3-9-26(12-14)18-11-20-7-8-21-18/h2,5-8,10-11,14H,3-4,9,12H2,1H3,(H2,22,23,27). The molecule has 1 aromatic carbocycles. The molecule has 0 bridgehead atoms. The van der Waals surface area contributed by atoms with E-state index in [1.54, 1.807) is 18.6 Å². The van der Waals surface area contributed by atoms with Crippen LogP contribution < -0.4 is 15.5 Å². The molecule has 1 fully saturated rings. The van der Waals surface area contributed by atoms with Crippen LogP contribution in [0.3, 0.4) is 0 Å². The summed E-state index contributed by atoms with van der Waals surface area (Å²) in [6.45, 7) is 3.51.